The highest BCUT2D eigenvalue weighted by Crippen LogP contribution is 2.20. The summed E-state index contributed by atoms with van der Waals surface area (Å²) in [6, 6.07) is 4.33. The van der Waals surface area contributed by atoms with Gasteiger partial charge in [0, 0.05) is 25.7 Å². The Balaban J connectivity index is 0.000000593. The molecular formula is C19H33N3O. The summed E-state index contributed by atoms with van der Waals surface area (Å²) in [6.07, 6.45) is 9.73. The van der Waals surface area contributed by atoms with Crippen LogP contribution in [0.5, 0.6) is 0 Å². The third-order valence-electron chi connectivity index (χ3n) is 4.07. The number of pyridine rings is 1. The van der Waals surface area contributed by atoms with Crippen molar-refractivity contribution in [1.82, 2.24) is 10.3 Å². The molecule has 130 valence electrons. The molecule has 1 aliphatic heterocycles. The van der Waals surface area contributed by atoms with Gasteiger partial charge in [0.1, 0.15) is 5.82 Å². The van der Waals surface area contributed by atoms with E-state index >= 15 is 0 Å². The van der Waals surface area contributed by atoms with Crippen molar-refractivity contribution in [2.45, 2.75) is 71.6 Å². The Labute approximate surface area is 141 Å². The molecule has 0 aliphatic carbocycles. The van der Waals surface area contributed by atoms with Gasteiger partial charge in [-0.3, -0.25) is 4.79 Å². The van der Waals surface area contributed by atoms with Crippen molar-refractivity contribution in [3.05, 3.63) is 23.4 Å². The Bertz CT molecular complexity index is 458. The average molecular weight is 319 g/mol. The smallest absolute Gasteiger partial charge is 0.219 e. The Morgan fingerprint density at radius 3 is 2.70 bits per heavy atom. The number of carbonyl (C=O) groups excluding carboxylic acids is 1. The van der Waals surface area contributed by atoms with Crippen molar-refractivity contribution in [1.29, 1.82) is 0 Å². The summed E-state index contributed by atoms with van der Waals surface area (Å²) in [5, 5.41) is 6.05. The van der Waals surface area contributed by atoms with Crippen molar-refractivity contribution in [2.75, 3.05) is 18.9 Å². The van der Waals surface area contributed by atoms with Crippen LogP contribution in [-0.2, 0) is 17.6 Å². The number of rotatable bonds is 6. The van der Waals surface area contributed by atoms with E-state index in [1.54, 1.807) is 7.05 Å². The highest BCUT2D eigenvalue weighted by Gasteiger charge is 2.09. The van der Waals surface area contributed by atoms with E-state index in [1.807, 2.05) is 0 Å². The molecule has 2 N–H and O–H groups in total. The van der Waals surface area contributed by atoms with E-state index in [4.69, 9.17) is 4.98 Å². The topological polar surface area (TPSA) is 54.0 Å². The number of amides is 1. The van der Waals surface area contributed by atoms with Crippen molar-refractivity contribution in [3.8, 4) is 0 Å². The monoisotopic (exact) mass is 319 g/mol. The van der Waals surface area contributed by atoms with Gasteiger partial charge in [0.25, 0.3) is 0 Å². The molecular weight excluding hydrogens is 286 g/mol. The van der Waals surface area contributed by atoms with Crippen LogP contribution < -0.4 is 10.6 Å². The zero-order valence-electron chi connectivity index (χ0n) is 15.1. The van der Waals surface area contributed by atoms with Crippen LogP contribution in [0.2, 0.25) is 0 Å². The molecule has 0 unspecified atom stereocenters. The number of fused-ring (bicyclic) bond motifs is 1. The number of unbranched alkanes of at least 4 members (excludes halogenated alkanes) is 2. The highest BCUT2D eigenvalue weighted by molar-refractivity contribution is 5.75. The summed E-state index contributed by atoms with van der Waals surface area (Å²) >= 11 is 0. The third kappa shape index (κ3) is 8.00. The first-order chi connectivity index (χ1) is 11.2. The lowest BCUT2D eigenvalue weighted by molar-refractivity contribution is -0.120. The van der Waals surface area contributed by atoms with Crippen LogP contribution in [0, 0.1) is 0 Å². The van der Waals surface area contributed by atoms with E-state index in [0.717, 1.165) is 43.7 Å². The average Bonchev–Trinajstić information content (AvgIpc) is 2.83. The third-order valence-corrected chi connectivity index (χ3v) is 4.07. The van der Waals surface area contributed by atoms with Crippen LogP contribution in [0.3, 0.4) is 0 Å². The Kier molecular flexibility index (Phi) is 10.1. The lowest BCUT2D eigenvalue weighted by Crippen LogP contribution is -2.17. The molecule has 0 spiro atoms. The first kappa shape index (κ1) is 19.5. The maximum absolute atomic E-state index is 11.1. The molecule has 1 amide bonds. The molecule has 0 atom stereocenters. The molecule has 0 aromatic carbocycles. The molecule has 4 nitrogen and oxygen atoms in total. The summed E-state index contributed by atoms with van der Waals surface area (Å²) in [7, 11) is 1.68. The van der Waals surface area contributed by atoms with Crippen molar-refractivity contribution >= 4 is 11.7 Å². The summed E-state index contributed by atoms with van der Waals surface area (Å²) in [6.45, 7) is 5.39. The van der Waals surface area contributed by atoms with Crippen LogP contribution in [0.25, 0.3) is 0 Å². The van der Waals surface area contributed by atoms with E-state index < -0.39 is 0 Å². The van der Waals surface area contributed by atoms with Crippen LogP contribution in [0.4, 0.5) is 5.82 Å². The molecule has 2 rings (SSSR count). The van der Waals surface area contributed by atoms with Gasteiger partial charge >= 0.3 is 0 Å². The predicted octanol–water partition coefficient (Wildman–Crippen LogP) is 4.10. The zero-order chi connectivity index (χ0) is 16.9. The van der Waals surface area contributed by atoms with E-state index in [0.29, 0.717) is 6.42 Å². The largest absolute Gasteiger partial charge is 0.370 e. The maximum Gasteiger partial charge on any atom is 0.219 e. The minimum atomic E-state index is 0.122. The number of hydrogen-bond acceptors (Lipinski definition) is 3. The van der Waals surface area contributed by atoms with Gasteiger partial charge < -0.3 is 10.6 Å². The fourth-order valence-electron chi connectivity index (χ4n) is 2.39. The highest BCUT2D eigenvalue weighted by atomic mass is 16.1. The normalized spacial score (nSPS) is 13.0. The Morgan fingerprint density at radius 2 is 2.00 bits per heavy atom. The van der Waals surface area contributed by atoms with E-state index in [1.165, 1.54) is 31.2 Å². The lowest BCUT2D eigenvalue weighted by Gasteiger charge is -2.09. The molecule has 1 aliphatic rings. The van der Waals surface area contributed by atoms with Crippen LogP contribution in [-0.4, -0.2) is 24.5 Å². The van der Waals surface area contributed by atoms with E-state index in [9.17, 15) is 4.79 Å². The van der Waals surface area contributed by atoms with Gasteiger partial charge in [-0.25, -0.2) is 4.98 Å². The van der Waals surface area contributed by atoms with Gasteiger partial charge in [-0.2, -0.15) is 0 Å². The summed E-state index contributed by atoms with van der Waals surface area (Å²) in [5.74, 6) is 1.19. The molecule has 0 bridgehead atoms. The van der Waals surface area contributed by atoms with E-state index in [-0.39, 0.29) is 5.91 Å². The first-order valence-electron chi connectivity index (χ1n) is 9.14. The second-order valence-corrected chi connectivity index (χ2v) is 6.07. The molecule has 0 saturated carbocycles. The minimum Gasteiger partial charge on any atom is -0.370 e. The quantitative estimate of drug-likeness (QED) is 0.776. The number of nitrogens with one attached hydrogen (secondary N) is 2. The van der Waals surface area contributed by atoms with Gasteiger partial charge in [-0.05, 0) is 50.2 Å². The van der Waals surface area contributed by atoms with Crippen LogP contribution in [0.15, 0.2) is 12.1 Å². The lowest BCUT2D eigenvalue weighted by atomic mass is 10.1. The van der Waals surface area contributed by atoms with Gasteiger partial charge in [0.15, 0.2) is 0 Å². The number of nitrogens with zero attached hydrogens (tertiary/aromatic N) is 1. The molecule has 4 heteroatoms. The van der Waals surface area contributed by atoms with Crippen molar-refractivity contribution in [2.24, 2.45) is 0 Å². The molecule has 23 heavy (non-hydrogen) atoms. The Morgan fingerprint density at radius 1 is 1.22 bits per heavy atom. The maximum atomic E-state index is 11.1. The number of carbonyl (C=O) groups is 1. The Hall–Kier alpha value is -1.58. The number of aromatic nitrogens is 1. The van der Waals surface area contributed by atoms with Crippen molar-refractivity contribution < 1.29 is 4.79 Å². The SMILES string of the molecule is CCCC.CNC(=O)CCCCc1ccc2c(n1)NCCCC2. The second-order valence-electron chi connectivity index (χ2n) is 6.07. The van der Waals surface area contributed by atoms with Gasteiger partial charge in [-0.15, -0.1) is 0 Å². The fraction of sp³-hybridized carbons (Fsp3) is 0.684. The van der Waals surface area contributed by atoms with Gasteiger partial charge in [0.2, 0.25) is 5.91 Å². The van der Waals surface area contributed by atoms with E-state index in [2.05, 4.69) is 36.6 Å². The van der Waals surface area contributed by atoms with Crippen molar-refractivity contribution in [3.63, 3.8) is 0 Å². The van der Waals surface area contributed by atoms with Crippen LogP contribution >= 0.6 is 0 Å². The minimum absolute atomic E-state index is 0.122. The molecule has 0 radical (unpaired) electrons. The number of hydrogen-bond donors (Lipinski definition) is 2. The predicted molar refractivity (Wildman–Crippen MR) is 97.9 cm³/mol. The summed E-state index contributed by atoms with van der Waals surface area (Å²) in [4.78, 5) is 15.8. The summed E-state index contributed by atoms with van der Waals surface area (Å²) < 4.78 is 0. The number of aryl methyl sites for hydroxylation is 2. The number of anilines is 1. The molecule has 2 heterocycles. The molecule has 0 fully saturated rings. The molecule has 1 aromatic heterocycles. The fourth-order valence-corrected chi connectivity index (χ4v) is 2.39. The van der Waals surface area contributed by atoms with Gasteiger partial charge in [-0.1, -0.05) is 32.8 Å². The standard InChI is InChI=1S/C15H23N3O.C4H10/c1-16-14(19)8-3-2-7-13-10-9-12-6-4-5-11-17-15(12)18-13;1-3-4-2/h9-10H,2-8,11H2,1H3,(H,16,19)(H,17,18);3-4H2,1-2H3. The summed E-state index contributed by atoms with van der Waals surface area (Å²) in [5.41, 5.74) is 2.47. The van der Waals surface area contributed by atoms with Crippen LogP contribution in [0.1, 0.15) is 70.1 Å². The first-order valence-corrected chi connectivity index (χ1v) is 9.14. The molecule has 1 aromatic rings. The zero-order valence-corrected chi connectivity index (χ0v) is 15.1. The van der Waals surface area contributed by atoms with Gasteiger partial charge in [0.05, 0.1) is 0 Å². The second kappa shape index (κ2) is 11.9. The molecule has 0 saturated heterocycles.